The number of carbonyl (C=O) groups excluding carboxylic acids is 1. The van der Waals surface area contributed by atoms with Gasteiger partial charge in [0, 0.05) is 27.2 Å². The van der Waals surface area contributed by atoms with Gasteiger partial charge in [0.15, 0.2) is 0 Å². The second-order valence-corrected chi connectivity index (χ2v) is 5.95. The Kier molecular flexibility index (Phi) is 6.68. The van der Waals surface area contributed by atoms with Crippen LogP contribution in [0.15, 0.2) is 4.47 Å². The smallest absolute Gasteiger partial charge is 0.236 e. The number of hydrogen-bond donors (Lipinski definition) is 0. The lowest BCUT2D eigenvalue weighted by atomic mass is 10.3. The summed E-state index contributed by atoms with van der Waals surface area (Å²) in [6.07, 6.45) is 1.03. The summed E-state index contributed by atoms with van der Waals surface area (Å²) in [6, 6.07) is 0. The Labute approximate surface area is 130 Å². The molecule has 0 aliphatic heterocycles. The van der Waals surface area contributed by atoms with Crippen molar-refractivity contribution in [3.05, 3.63) is 15.9 Å². The van der Waals surface area contributed by atoms with Crippen molar-refractivity contribution in [2.24, 2.45) is 0 Å². The molecular weight excluding hydrogens is 320 g/mol. The van der Waals surface area contributed by atoms with E-state index in [1.807, 2.05) is 11.6 Å². The van der Waals surface area contributed by atoms with E-state index >= 15 is 0 Å². The minimum absolute atomic E-state index is 0.133. The third-order valence-electron chi connectivity index (χ3n) is 3.22. The predicted octanol–water partition coefficient (Wildman–Crippen LogP) is 2.27. The Balaban J connectivity index is 2.87. The fraction of sp³-hybridized carbons (Fsp3) is 0.714. The van der Waals surface area contributed by atoms with Gasteiger partial charge in [0.2, 0.25) is 5.91 Å². The van der Waals surface area contributed by atoms with Crippen LogP contribution in [0.25, 0.3) is 0 Å². The summed E-state index contributed by atoms with van der Waals surface area (Å²) in [4.78, 5) is 15.7. The fourth-order valence-electron chi connectivity index (χ4n) is 2.09. The summed E-state index contributed by atoms with van der Waals surface area (Å²) in [5, 5.41) is 4.50. The number of rotatable bonds is 7. The summed E-state index contributed by atoms with van der Waals surface area (Å²) in [5.74, 6) is 0.133. The second-order valence-electron chi connectivity index (χ2n) is 5.16. The first-order chi connectivity index (χ1) is 9.40. The van der Waals surface area contributed by atoms with Gasteiger partial charge in [0.25, 0.3) is 0 Å². The Morgan fingerprint density at radius 3 is 2.50 bits per heavy atom. The Bertz CT molecular complexity index is 456. The summed E-state index contributed by atoms with van der Waals surface area (Å²) >= 11 is 3.61. The summed E-state index contributed by atoms with van der Waals surface area (Å²) in [6.45, 7) is 9.13. The average molecular weight is 345 g/mol. The highest BCUT2D eigenvalue weighted by molar-refractivity contribution is 9.10. The number of hydrogen-bond acceptors (Lipinski definition) is 3. The SMILES string of the molecule is CCCN(CC(=O)N(C)C)Cc1c(Br)c(C)nn1CC. The van der Waals surface area contributed by atoms with E-state index in [1.54, 1.807) is 19.0 Å². The van der Waals surface area contributed by atoms with E-state index in [-0.39, 0.29) is 5.91 Å². The van der Waals surface area contributed by atoms with Crippen LogP contribution in [0.4, 0.5) is 0 Å². The maximum Gasteiger partial charge on any atom is 0.236 e. The van der Waals surface area contributed by atoms with Gasteiger partial charge in [-0.3, -0.25) is 14.4 Å². The average Bonchev–Trinajstić information content (AvgIpc) is 2.66. The van der Waals surface area contributed by atoms with Gasteiger partial charge in [-0.2, -0.15) is 5.10 Å². The first-order valence-corrected chi connectivity index (χ1v) is 7.84. The molecule has 20 heavy (non-hydrogen) atoms. The van der Waals surface area contributed by atoms with E-state index < -0.39 is 0 Å². The molecule has 0 spiro atoms. The van der Waals surface area contributed by atoms with E-state index in [2.05, 4.69) is 39.8 Å². The Morgan fingerprint density at radius 2 is 2.00 bits per heavy atom. The third-order valence-corrected chi connectivity index (χ3v) is 4.26. The first kappa shape index (κ1) is 17.2. The molecule has 0 atom stereocenters. The van der Waals surface area contributed by atoms with Crippen molar-refractivity contribution in [3.8, 4) is 0 Å². The maximum atomic E-state index is 11.9. The fourth-order valence-corrected chi connectivity index (χ4v) is 2.50. The minimum Gasteiger partial charge on any atom is -0.348 e. The van der Waals surface area contributed by atoms with Gasteiger partial charge < -0.3 is 4.90 Å². The molecule has 1 aromatic heterocycles. The van der Waals surface area contributed by atoms with Crippen LogP contribution in [0.3, 0.4) is 0 Å². The number of aryl methyl sites for hydroxylation is 2. The molecule has 0 aliphatic carbocycles. The molecule has 0 radical (unpaired) electrons. The standard InChI is InChI=1S/C14H25BrN4O/c1-6-8-18(10-13(20)17(4)5)9-12-14(15)11(3)16-19(12)7-2/h6-10H2,1-5H3. The lowest BCUT2D eigenvalue weighted by Gasteiger charge is -2.23. The number of carbonyl (C=O) groups is 1. The van der Waals surface area contributed by atoms with Crippen LogP contribution in [-0.4, -0.2) is 52.7 Å². The lowest BCUT2D eigenvalue weighted by Crippen LogP contribution is -2.37. The molecule has 0 N–H and O–H groups in total. The van der Waals surface area contributed by atoms with Gasteiger partial charge in [-0.25, -0.2) is 0 Å². The number of aromatic nitrogens is 2. The van der Waals surface area contributed by atoms with Crippen molar-refractivity contribution in [2.75, 3.05) is 27.2 Å². The quantitative estimate of drug-likeness (QED) is 0.761. The molecule has 0 saturated carbocycles. The minimum atomic E-state index is 0.133. The molecule has 6 heteroatoms. The van der Waals surface area contributed by atoms with Crippen molar-refractivity contribution >= 4 is 21.8 Å². The highest BCUT2D eigenvalue weighted by atomic mass is 79.9. The van der Waals surface area contributed by atoms with Crippen LogP contribution in [0, 0.1) is 6.92 Å². The zero-order valence-corrected chi connectivity index (χ0v) is 14.7. The highest BCUT2D eigenvalue weighted by Crippen LogP contribution is 2.22. The van der Waals surface area contributed by atoms with Crippen molar-refractivity contribution in [1.82, 2.24) is 19.6 Å². The summed E-state index contributed by atoms with van der Waals surface area (Å²) in [5.41, 5.74) is 2.14. The monoisotopic (exact) mass is 344 g/mol. The molecule has 0 aromatic carbocycles. The van der Waals surface area contributed by atoms with Crippen LogP contribution in [0.5, 0.6) is 0 Å². The molecule has 1 heterocycles. The van der Waals surface area contributed by atoms with Crippen LogP contribution in [0.1, 0.15) is 31.7 Å². The van der Waals surface area contributed by atoms with Gasteiger partial charge in [-0.05, 0) is 42.7 Å². The molecule has 0 fully saturated rings. The van der Waals surface area contributed by atoms with Gasteiger partial charge >= 0.3 is 0 Å². The molecule has 0 aliphatic rings. The highest BCUT2D eigenvalue weighted by Gasteiger charge is 2.18. The van der Waals surface area contributed by atoms with Gasteiger partial charge in [0.05, 0.1) is 22.4 Å². The first-order valence-electron chi connectivity index (χ1n) is 7.04. The molecule has 0 bridgehead atoms. The Hall–Kier alpha value is -0.880. The van der Waals surface area contributed by atoms with Crippen LogP contribution in [0.2, 0.25) is 0 Å². The maximum absolute atomic E-state index is 11.9. The zero-order valence-electron chi connectivity index (χ0n) is 13.1. The van der Waals surface area contributed by atoms with Crippen LogP contribution < -0.4 is 0 Å². The van der Waals surface area contributed by atoms with Gasteiger partial charge in [-0.15, -0.1) is 0 Å². The van der Waals surface area contributed by atoms with Crippen molar-refractivity contribution < 1.29 is 4.79 Å². The Morgan fingerprint density at radius 1 is 1.35 bits per heavy atom. The van der Waals surface area contributed by atoms with E-state index in [0.29, 0.717) is 6.54 Å². The van der Waals surface area contributed by atoms with E-state index in [4.69, 9.17) is 0 Å². The zero-order chi connectivity index (χ0) is 15.3. The van der Waals surface area contributed by atoms with Crippen LogP contribution >= 0.6 is 15.9 Å². The topological polar surface area (TPSA) is 41.4 Å². The number of amides is 1. The van der Waals surface area contributed by atoms with Crippen LogP contribution in [-0.2, 0) is 17.9 Å². The summed E-state index contributed by atoms with van der Waals surface area (Å²) < 4.78 is 3.06. The van der Waals surface area contributed by atoms with Gasteiger partial charge in [-0.1, -0.05) is 6.92 Å². The van der Waals surface area contributed by atoms with Crippen molar-refractivity contribution in [2.45, 2.75) is 40.3 Å². The predicted molar refractivity (Wildman–Crippen MR) is 84.6 cm³/mol. The molecule has 5 nitrogen and oxygen atoms in total. The molecule has 114 valence electrons. The largest absolute Gasteiger partial charge is 0.348 e. The normalized spacial score (nSPS) is 11.2. The third kappa shape index (κ3) is 4.31. The second kappa shape index (κ2) is 7.78. The molecule has 1 aromatic rings. The summed E-state index contributed by atoms with van der Waals surface area (Å²) in [7, 11) is 3.59. The number of nitrogens with zero attached hydrogens (tertiary/aromatic N) is 4. The lowest BCUT2D eigenvalue weighted by molar-refractivity contribution is -0.130. The van der Waals surface area contributed by atoms with Gasteiger partial charge in [0.1, 0.15) is 0 Å². The van der Waals surface area contributed by atoms with E-state index in [9.17, 15) is 4.79 Å². The van der Waals surface area contributed by atoms with Crippen molar-refractivity contribution in [1.29, 1.82) is 0 Å². The molecule has 0 unspecified atom stereocenters. The molecule has 1 amide bonds. The molecular formula is C14H25BrN4O. The van der Waals surface area contributed by atoms with Crippen molar-refractivity contribution in [3.63, 3.8) is 0 Å². The number of halogens is 1. The van der Waals surface area contributed by atoms with E-state index in [0.717, 1.165) is 41.9 Å². The molecule has 1 rings (SSSR count). The molecule has 0 saturated heterocycles. The number of likely N-dealkylation sites (N-methyl/N-ethyl adjacent to an activating group) is 1. The van der Waals surface area contributed by atoms with E-state index in [1.165, 1.54) is 0 Å².